The molecule has 40 heavy (non-hydrogen) atoms. The topological polar surface area (TPSA) is 96.0 Å². The lowest BCUT2D eigenvalue weighted by Gasteiger charge is -2.32. The average Bonchev–Trinajstić information content (AvgIpc) is 2.91. The maximum absolute atomic E-state index is 13.9. The van der Waals surface area contributed by atoms with E-state index < -0.39 is 28.5 Å². The molecule has 0 aliphatic heterocycles. The molecular weight excluding hydrogens is 526 g/mol. The van der Waals surface area contributed by atoms with E-state index in [1.165, 1.54) is 17.0 Å². The molecule has 1 N–H and O–H groups in total. The predicted molar refractivity (Wildman–Crippen MR) is 158 cm³/mol. The number of carbonyl (C=O) groups excluding carboxylic acids is 2. The standard InChI is InChI=1S/C31H39N3O5S/c1-7-39-28-16-18-29(19-17-28)40(37,38)34(27-14-10-24(5)11-15-27)21-30(35)33(25(6)31(36)32-22(2)3)20-26-12-8-23(4)9-13-26/h8-19,22,25H,7,20-21H2,1-6H3,(H,32,36)/t25-/m0/s1. The van der Waals surface area contributed by atoms with Crippen molar-refractivity contribution in [3.05, 3.63) is 89.5 Å². The van der Waals surface area contributed by atoms with Crippen molar-refractivity contribution in [2.75, 3.05) is 17.5 Å². The number of anilines is 1. The van der Waals surface area contributed by atoms with Gasteiger partial charge < -0.3 is 15.0 Å². The van der Waals surface area contributed by atoms with Crippen molar-refractivity contribution < 1.29 is 22.7 Å². The summed E-state index contributed by atoms with van der Waals surface area (Å²) in [4.78, 5) is 28.4. The second kappa shape index (κ2) is 13.5. The minimum Gasteiger partial charge on any atom is -0.494 e. The molecule has 0 bridgehead atoms. The molecule has 3 aromatic carbocycles. The smallest absolute Gasteiger partial charge is 0.264 e. The van der Waals surface area contributed by atoms with Gasteiger partial charge in [0.1, 0.15) is 18.3 Å². The van der Waals surface area contributed by atoms with Crippen molar-refractivity contribution in [1.82, 2.24) is 10.2 Å². The summed E-state index contributed by atoms with van der Waals surface area (Å²) in [5, 5.41) is 2.86. The first-order chi connectivity index (χ1) is 18.9. The maximum atomic E-state index is 13.9. The number of carbonyl (C=O) groups is 2. The number of hydrogen-bond donors (Lipinski definition) is 1. The fourth-order valence-corrected chi connectivity index (χ4v) is 5.53. The Labute approximate surface area is 238 Å². The van der Waals surface area contributed by atoms with Gasteiger partial charge in [-0.15, -0.1) is 0 Å². The van der Waals surface area contributed by atoms with E-state index >= 15 is 0 Å². The van der Waals surface area contributed by atoms with E-state index in [2.05, 4.69) is 5.32 Å². The summed E-state index contributed by atoms with van der Waals surface area (Å²) in [6.45, 7) is 11.2. The number of aryl methyl sites for hydroxylation is 2. The van der Waals surface area contributed by atoms with Crippen molar-refractivity contribution >= 4 is 27.5 Å². The molecule has 0 saturated heterocycles. The first-order valence-corrected chi connectivity index (χ1v) is 14.8. The SMILES string of the molecule is CCOc1ccc(S(=O)(=O)N(CC(=O)N(Cc2ccc(C)cc2)[C@@H](C)C(=O)NC(C)C)c2ccc(C)cc2)cc1. The fourth-order valence-electron chi connectivity index (χ4n) is 4.12. The van der Waals surface area contributed by atoms with Crippen molar-refractivity contribution in [1.29, 1.82) is 0 Å². The van der Waals surface area contributed by atoms with E-state index in [4.69, 9.17) is 4.74 Å². The summed E-state index contributed by atoms with van der Waals surface area (Å²) >= 11 is 0. The summed E-state index contributed by atoms with van der Waals surface area (Å²) in [6.07, 6.45) is 0. The Balaban J connectivity index is 2.01. The number of nitrogens with one attached hydrogen (secondary N) is 1. The van der Waals surface area contributed by atoms with E-state index in [-0.39, 0.29) is 23.4 Å². The zero-order chi connectivity index (χ0) is 29.4. The highest BCUT2D eigenvalue weighted by atomic mass is 32.2. The van der Waals surface area contributed by atoms with Crippen LogP contribution in [-0.2, 0) is 26.2 Å². The molecule has 0 saturated carbocycles. The molecule has 2 amide bonds. The molecule has 1 atom stereocenters. The molecule has 0 aromatic heterocycles. The number of nitrogens with zero attached hydrogens (tertiary/aromatic N) is 2. The molecule has 9 heteroatoms. The Morgan fingerprint density at radius 2 is 1.40 bits per heavy atom. The molecule has 0 aliphatic rings. The minimum atomic E-state index is -4.14. The van der Waals surface area contributed by atoms with Gasteiger partial charge in [-0.05, 0) is 83.5 Å². The molecule has 3 aromatic rings. The molecule has 0 fully saturated rings. The molecule has 214 valence electrons. The van der Waals surface area contributed by atoms with Gasteiger partial charge >= 0.3 is 0 Å². The van der Waals surface area contributed by atoms with Crippen LogP contribution in [0.2, 0.25) is 0 Å². The Bertz CT molecular complexity index is 1390. The normalized spacial score (nSPS) is 12.1. The lowest BCUT2D eigenvalue weighted by atomic mass is 10.1. The van der Waals surface area contributed by atoms with Gasteiger partial charge in [-0.3, -0.25) is 13.9 Å². The third kappa shape index (κ3) is 7.85. The van der Waals surface area contributed by atoms with Gasteiger partial charge in [-0.25, -0.2) is 8.42 Å². The molecular formula is C31H39N3O5S. The van der Waals surface area contributed by atoms with Crippen LogP contribution < -0.4 is 14.4 Å². The highest BCUT2D eigenvalue weighted by Crippen LogP contribution is 2.26. The molecule has 8 nitrogen and oxygen atoms in total. The average molecular weight is 566 g/mol. The second-order valence-electron chi connectivity index (χ2n) is 10.1. The summed E-state index contributed by atoms with van der Waals surface area (Å²) in [6, 6.07) is 19.8. The Morgan fingerprint density at radius 1 is 0.850 bits per heavy atom. The van der Waals surface area contributed by atoms with E-state index in [0.717, 1.165) is 21.0 Å². The van der Waals surface area contributed by atoms with Crippen LogP contribution >= 0.6 is 0 Å². The predicted octanol–water partition coefficient (Wildman–Crippen LogP) is 4.84. The molecule has 0 unspecified atom stereocenters. The largest absolute Gasteiger partial charge is 0.494 e. The van der Waals surface area contributed by atoms with Crippen LogP contribution in [0.15, 0.2) is 77.7 Å². The van der Waals surface area contributed by atoms with Gasteiger partial charge in [0.15, 0.2) is 0 Å². The second-order valence-corrected chi connectivity index (χ2v) is 12.0. The third-order valence-electron chi connectivity index (χ3n) is 6.40. The van der Waals surface area contributed by atoms with Gasteiger partial charge in [-0.1, -0.05) is 47.5 Å². The highest BCUT2D eigenvalue weighted by Gasteiger charge is 2.32. The number of amides is 2. The van der Waals surface area contributed by atoms with Crippen molar-refractivity contribution in [3.63, 3.8) is 0 Å². The van der Waals surface area contributed by atoms with Gasteiger partial charge in [0.2, 0.25) is 11.8 Å². The van der Waals surface area contributed by atoms with E-state index in [9.17, 15) is 18.0 Å². The molecule has 3 rings (SSSR count). The van der Waals surface area contributed by atoms with Crippen molar-refractivity contribution in [2.24, 2.45) is 0 Å². The van der Waals surface area contributed by atoms with Crippen LogP contribution in [0, 0.1) is 13.8 Å². The Kier molecular flexibility index (Phi) is 10.3. The van der Waals surface area contributed by atoms with E-state index in [1.807, 2.05) is 58.9 Å². The summed E-state index contributed by atoms with van der Waals surface area (Å²) in [5.74, 6) is -0.262. The summed E-state index contributed by atoms with van der Waals surface area (Å²) in [5.41, 5.74) is 3.20. The van der Waals surface area contributed by atoms with Crippen LogP contribution in [0.3, 0.4) is 0 Å². The molecule has 0 radical (unpaired) electrons. The van der Waals surface area contributed by atoms with Crippen molar-refractivity contribution in [3.8, 4) is 5.75 Å². The minimum absolute atomic E-state index is 0.0278. The van der Waals surface area contributed by atoms with E-state index in [1.54, 1.807) is 43.3 Å². The highest BCUT2D eigenvalue weighted by molar-refractivity contribution is 7.92. The van der Waals surface area contributed by atoms with Gasteiger partial charge in [0.25, 0.3) is 10.0 Å². The summed E-state index contributed by atoms with van der Waals surface area (Å²) in [7, 11) is -4.14. The molecule has 0 aliphatic carbocycles. The monoisotopic (exact) mass is 565 g/mol. The van der Waals surface area contributed by atoms with E-state index in [0.29, 0.717) is 18.0 Å². The Hall–Kier alpha value is -3.85. The number of rotatable bonds is 12. The Morgan fingerprint density at radius 3 is 1.93 bits per heavy atom. The van der Waals surface area contributed by atoms with Crippen LogP contribution in [0.1, 0.15) is 44.4 Å². The number of sulfonamides is 1. The van der Waals surface area contributed by atoms with Crippen molar-refractivity contribution in [2.45, 2.75) is 65.1 Å². The number of ether oxygens (including phenoxy) is 1. The van der Waals surface area contributed by atoms with Crippen LogP contribution in [-0.4, -0.2) is 50.4 Å². The molecule has 0 spiro atoms. The lowest BCUT2D eigenvalue weighted by Crippen LogP contribution is -2.52. The first-order valence-electron chi connectivity index (χ1n) is 13.4. The van der Waals surface area contributed by atoms with Gasteiger partial charge in [-0.2, -0.15) is 0 Å². The lowest BCUT2D eigenvalue weighted by molar-refractivity contribution is -0.139. The zero-order valence-corrected chi connectivity index (χ0v) is 24.9. The number of benzene rings is 3. The van der Waals surface area contributed by atoms with Gasteiger partial charge in [0, 0.05) is 12.6 Å². The quantitative estimate of drug-likeness (QED) is 0.339. The fraction of sp³-hybridized carbons (Fsp3) is 0.355. The number of hydrogen-bond acceptors (Lipinski definition) is 5. The third-order valence-corrected chi connectivity index (χ3v) is 8.18. The van der Waals surface area contributed by atoms with Crippen LogP contribution in [0.5, 0.6) is 5.75 Å². The van der Waals surface area contributed by atoms with Gasteiger partial charge in [0.05, 0.1) is 17.2 Å². The zero-order valence-electron chi connectivity index (χ0n) is 24.0. The van der Waals surface area contributed by atoms with Crippen LogP contribution in [0.4, 0.5) is 5.69 Å². The summed E-state index contributed by atoms with van der Waals surface area (Å²) < 4.78 is 34.4. The first kappa shape index (κ1) is 30.7. The molecule has 0 heterocycles. The maximum Gasteiger partial charge on any atom is 0.264 e. The van der Waals surface area contributed by atoms with Crippen LogP contribution in [0.25, 0.3) is 0 Å².